The number of halogens is 1. The summed E-state index contributed by atoms with van der Waals surface area (Å²) >= 11 is 0. The smallest absolute Gasteiger partial charge is 0.307 e. The van der Waals surface area contributed by atoms with Crippen molar-refractivity contribution in [1.29, 1.82) is 0 Å². The third kappa shape index (κ3) is 3.67. The van der Waals surface area contributed by atoms with E-state index in [1.807, 2.05) is 5.01 Å². The fourth-order valence-corrected chi connectivity index (χ4v) is 2.45. The number of hydrogen-bond acceptors (Lipinski definition) is 2. The van der Waals surface area contributed by atoms with E-state index in [4.69, 9.17) is 0 Å². The topological polar surface area (TPSA) is 44.4 Å². The van der Waals surface area contributed by atoms with Gasteiger partial charge in [0.1, 0.15) is 5.82 Å². The predicted molar refractivity (Wildman–Crippen MR) is 73.2 cm³/mol. The summed E-state index contributed by atoms with van der Waals surface area (Å²) in [6, 6.07) is 6.11. The van der Waals surface area contributed by atoms with Gasteiger partial charge in [0.15, 0.2) is 0 Å². The van der Waals surface area contributed by atoms with Gasteiger partial charge in [0.2, 0.25) is 0 Å². The Balaban J connectivity index is 1.91. The molecule has 0 radical (unpaired) electrons. The van der Waals surface area contributed by atoms with Gasteiger partial charge in [-0.05, 0) is 51.0 Å². The van der Waals surface area contributed by atoms with Gasteiger partial charge in [-0.15, -0.1) is 0 Å². The molecular formula is C14H20FN3O. The lowest BCUT2D eigenvalue weighted by molar-refractivity contribution is 0.0625. The number of rotatable bonds is 2. The predicted octanol–water partition coefficient (Wildman–Crippen LogP) is 3.13. The minimum Gasteiger partial charge on any atom is -0.307 e. The van der Waals surface area contributed by atoms with Crippen LogP contribution in [-0.4, -0.2) is 23.1 Å². The number of amides is 2. The second-order valence-corrected chi connectivity index (χ2v) is 5.11. The van der Waals surface area contributed by atoms with Crippen molar-refractivity contribution >= 4 is 11.7 Å². The lowest BCUT2D eigenvalue weighted by Gasteiger charge is -2.38. The van der Waals surface area contributed by atoms with Gasteiger partial charge < -0.3 is 5.32 Å². The number of carbonyl (C=O) groups excluding carboxylic acids is 1. The minimum absolute atomic E-state index is 0.285. The quantitative estimate of drug-likeness (QED) is 0.863. The number of anilines is 1. The number of piperidine rings is 1. The van der Waals surface area contributed by atoms with Crippen LogP contribution in [-0.2, 0) is 0 Å². The van der Waals surface area contributed by atoms with Crippen molar-refractivity contribution in [3.8, 4) is 0 Å². The lowest BCUT2D eigenvalue weighted by Crippen LogP contribution is -2.55. The number of carbonyl (C=O) groups is 1. The van der Waals surface area contributed by atoms with Crippen molar-refractivity contribution < 1.29 is 9.18 Å². The molecule has 1 heterocycles. The van der Waals surface area contributed by atoms with Crippen LogP contribution < -0.4 is 10.7 Å². The summed E-state index contributed by atoms with van der Waals surface area (Å²) in [5.74, 6) is -0.316. The molecule has 4 nitrogen and oxygen atoms in total. The second kappa shape index (κ2) is 6.02. The summed E-state index contributed by atoms with van der Waals surface area (Å²) in [6.45, 7) is 4.21. The molecule has 2 amide bonds. The highest BCUT2D eigenvalue weighted by atomic mass is 19.1. The van der Waals surface area contributed by atoms with Crippen molar-refractivity contribution in [2.45, 2.75) is 45.2 Å². The van der Waals surface area contributed by atoms with Gasteiger partial charge in [-0.2, -0.15) is 0 Å². The molecule has 0 saturated carbocycles. The van der Waals surface area contributed by atoms with E-state index in [9.17, 15) is 9.18 Å². The number of benzene rings is 1. The summed E-state index contributed by atoms with van der Waals surface area (Å²) < 4.78 is 12.8. The molecule has 0 aromatic heterocycles. The summed E-state index contributed by atoms with van der Waals surface area (Å²) in [6.07, 6.45) is 3.36. The Bertz CT molecular complexity index is 425. The maximum Gasteiger partial charge on any atom is 0.333 e. The zero-order valence-electron chi connectivity index (χ0n) is 11.3. The Morgan fingerprint density at radius 1 is 1.21 bits per heavy atom. The maximum absolute atomic E-state index is 12.8. The van der Waals surface area contributed by atoms with Crippen molar-refractivity contribution in [2.75, 3.05) is 5.32 Å². The Morgan fingerprint density at radius 2 is 1.79 bits per heavy atom. The fourth-order valence-electron chi connectivity index (χ4n) is 2.45. The Morgan fingerprint density at radius 3 is 2.37 bits per heavy atom. The van der Waals surface area contributed by atoms with E-state index < -0.39 is 0 Å². The van der Waals surface area contributed by atoms with Crippen LogP contribution in [0.1, 0.15) is 33.1 Å². The highest BCUT2D eigenvalue weighted by Crippen LogP contribution is 2.20. The molecule has 1 fully saturated rings. The lowest BCUT2D eigenvalue weighted by atomic mass is 10.00. The number of hydrogen-bond donors (Lipinski definition) is 2. The third-order valence-corrected chi connectivity index (χ3v) is 3.53. The van der Waals surface area contributed by atoms with Gasteiger partial charge in [0.05, 0.1) is 0 Å². The van der Waals surface area contributed by atoms with Crippen LogP contribution in [0.15, 0.2) is 24.3 Å². The number of nitrogens with zero attached hydrogens (tertiary/aromatic N) is 1. The molecular weight excluding hydrogens is 245 g/mol. The van der Waals surface area contributed by atoms with Gasteiger partial charge in [0.25, 0.3) is 0 Å². The average Bonchev–Trinajstić information content (AvgIpc) is 2.37. The zero-order valence-corrected chi connectivity index (χ0v) is 11.3. The SMILES string of the molecule is CC1CCCC(C)N1NC(=O)Nc1ccc(F)cc1. The molecule has 19 heavy (non-hydrogen) atoms. The van der Waals surface area contributed by atoms with Crippen LogP contribution in [0, 0.1) is 5.82 Å². The molecule has 1 saturated heterocycles. The number of hydrazine groups is 1. The van der Waals surface area contributed by atoms with Crippen LogP contribution in [0.25, 0.3) is 0 Å². The molecule has 2 atom stereocenters. The van der Waals surface area contributed by atoms with Crippen molar-refractivity contribution in [3.63, 3.8) is 0 Å². The van der Waals surface area contributed by atoms with Crippen molar-refractivity contribution in [3.05, 3.63) is 30.1 Å². The normalized spacial score (nSPS) is 23.9. The molecule has 0 bridgehead atoms. The first kappa shape index (κ1) is 13.8. The zero-order chi connectivity index (χ0) is 13.8. The van der Waals surface area contributed by atoms with E-state index in [1.54, 1.807) is 0 Å². The molecule has 2 N–H and O–H groups in total. The minimum atomic E-state index is -0.316. The first-order chi connectivity index (χ1) is 9.06. The van der Waals surface area contributed by atoms with Gasteiger partial charge >= 0.3 is 6.03 Å². The standard InChI is InChI=1S/C14H20FN3O/c1-10-4-3-5-11(2)18(10)17-14(19)16-13-8-6-12(15)7-9-13/h6-11H,3-5H2,1-2H3,(H2,16,17,19). The molecule has 1 aliphatic rings. The molecule has 2 rings (SSSR count). The van der Waals surface area contributed by atoms with Crippen LogP contribution >= 0.6 is 0 Å². The Hall–Kier alpha value is -1.62. The fraction of sp³-hybridized carbons (Fsp3) is 0.500. The van der Waals surface area contributed by atoms with E-state index in [1.165, 1.54) is 30.7 Å². The van der Waals surface area contributed by atoms with Crippen LogP contribution in [0.4, 0.5) is 14.9 Å². The van der Waals surface area contributed by atoms with E-state index in [-0.39, 0.29) is 11.8 Å². The van der Waals surface area contributed by atoms with E-state index in [0.717, 1.165) is 12.8 Å². The molecule has 0 aliphatic carbocycles. The van der Waals surface area contributed by atoms with Crippen LogP contribution in [0.5, 0.6) is 0 Å². The molecule has 1 aromatic rings. The number of nitrogens with one attached hydrogen (secondary N) is 2. The summed E-state index contributed by atoms with van der Waals surface area (Å²) in [4.78, 5) is 11.9. The van der Waals surface area contributed by atoms with Crippen molar-refractivity contribution in [2.24, 2.45) is 0 Å². The molecule has 0 spiro atoms. The average molecular weight is 265 g/mol. The Labute approximate surface area is 113 Å². The molecule has 1 aromatic carbocycles. The second-order valence-electron chi connectivity index (χ2n) is 5.11. The molecule has 1 aliphatic heterocycles. The van der Waals surface area contributed by atoms with E-state index in [2.05, 4.69) is 24.6 Å². The van der Waals surface area contributed by atoms with Crippen LogP contribution in [0.3, 0.4) is 0 Å². The maximum atomic E-state index is 12.8. The van der Waals surface area contributed by atoms with Crippen LogP contribution in [0.2, 0.25) is 0 Å². The summed E-state index contributed by atoms with van der Waals surface area (Å²) in [5, 5.41) is 4.69. The van der Waals surface area contributed by atoms with E-state index in [0.29, 0.717) is 17.8 Å². The largest absolute Gasteiger partial charge is 0.333 e. The first-order valence-corrected chi connectivity index (χ1v) is 6.68. The van der Waals surface area contributed by atoms with Gasteiger partial charge in [-0.1, -0.05) is 6.42 Å². The molecule has 2 unspecified atom stereocenters. The van der Waals surface area contributed by atoms with E-state index >= 15 is 0 Å². The molecule has 5 heteroatoms. The third-order valence-electron chi connectivity index (χ3n) is 3.53. The van der Waals surface area contributed by atoms with Gasteiger partial charge in [-0.3, -0.25) is 5.43 Å². The van der Waals surface area contributed by atoms with Gasteiger partial charge in [0, 0.05) is 17.8 Å². The summed E-state index contributed by atoms with van der Waals surface area (Å²) in [7, 11) is 0. The van der Waals surface area contributed by atoms with Crippen molar-refractivity contribution in [1.82, 2.24) is 10.4 Å². The summed E-state index contributed by atoms with van der Waals surface area (Å²) in [5.41, 5.74) is 3.45. The number of urea groups is 1. The monoisotopic (exact) mass is 265 g/mol. The highest BCUT2D eigenvalue weighted by molar-refractivity contribution is 5.88. The Kier molecular flexibility index (Phi) is 4.37. The first-order valence-electron chi connectivity index (χ1n) is 6.68. The van der Waals surface area contributed by atoms with Gasteiger partial charge in [-0.25, -0.2) is 14.2 Å². The molecule has 104 valence electrons. The highest BCUT2D eigenvalue weighted by Gasteiger charge is 2.25.